The number of nitrogens with two attached hydrogens (primary N) is 1. The Morgan fingerprint density at radius 2 is 1.88 bits per heavy atom. The summed E-state index contributed by atoms with van der Waals surface area (Å²) in [5.41, 5.74) is 9.42. The number of likely N-dealkylation sites (N-methyl/N-ethyl adjacent to an activating group) is 1. The van der Waals surface area contributed by atoms with Gasteiger partial charge < -0.3 is 20.9 Å². The predicted octanol–water partition coefficient (Wildman–Crippen LogP) is 5.00. The molecular weight excluding hydrogens is 550 g/mol. The molecule has 1 aliphatic heterocycles. The molecule has 1 saturated carbocycles. The molecule has 2 atom stereocenters. The zero-order valence-corrected chi connectivity index (χ0v) is 27.3. The normalized spacial score (nSPS) is 20.0. The molecule has 0 bridgehead atoms. The van der Waals surface area contributed by atoms with Gasteiger partial charge in [-0.25, -0.2) is 9.97 Å². The zero-order valence-electron chi connectivity index (χ0n) is 26.5. The lowest BCUT2D eigenvalue weighted by Gasteiger charge is -2.45. The van der Waals surface area contributed by atoms with E-state index in [-0.39, 0.29) is 11.8 Å². The highest BCUT2D eigenvalue weighted by Crippen LogP contribution is 2.25. The van der Waals surface area contributed by atoms with E-state index in [1.165, 1.54) is 0 Å². The molecule has 2 unspecified atom stereocenters. The van der Waals surface area contributed by atoms with E-state index in [9.17, 15) is 9.59 Å². The van der Waals surface area contributed by atoms with Crippen LogP contribution in [-0.4, -0.2) is 82.9 Å². The van der Waals surface area contributed by atoms with Gasteiger partial charge in [-0.1, -0.05) is 37.9 Å². The Kier molecular flexibility index (Phi) is 12.4. The van der Waals surface area contributed by atoms with Crippen molar-refractivity contribution in [2.24, 2.45) is 5.73 Å². The minimum absolute atomic E-state index is 0.0903. The smallest absolute Gasteiger partial charge is 0.271 e. The maximum atomic E-state index is 13.4. The van der Waals surface area contributed by atoms with Gasteiger partial charge in [0, 0.05) is 62.1 Å². The predicted molar refractivity (Wildman–Crippen MR) is 171 cm³/mol. The SMILES string of the molecule is CCC(C)=C(Cl)/C(C)=C\C(C(=O)N(C)CCC(CC)N1CCN(c2cnc(C(=O)NC3CC3)cn2)CC1CC)=C(/C)N. The van der Waals surface area contributed by atoms with Crippen LogP contribution in [0.5, 0.6) is 0 Å². The highest BCUT2D eigenvalue weighted by molar-refractivity contribution is 6.32. The van der Waals surface area contributed by atoms with Gasteiger partial charge in [-0.05, 0) is 70.9 Å². The third kappa shape index (κ3) is 8.80. The first kappa shape index (κ1) is 33.6. The van der Waals surface area contributed by atoms with Crippen LogP contribution >= 0.6 is 11.6 Å². The van der Waals surface area contributed by atoms with Crippen molar-refractivity contribution in [1.29, 1.82) is 0 Å². The second-order valence-corrected chi connectivity index (χ2v) is 12.1. The van der Waals surface area contributed by atoms with E-state index in [2.05, 4.69) is 45.9 Å². The van der Waals surface area contributed by atoms with Gasteiger partial charge in [0.05, 0.1) is 18.0 Å². The molecule has 2 aliphatic rings. The molecule has 0 aromatic carbocycles. The van der Waals surface area contributed by atoms with Crippen molar-refractivity contribution in [3.63, 3.8) is 0 Å². The van der Waals surface area contributed by atoms with Gasteiger partial charge in [-0.3, -0.25) is 14.5 Å². The lowest BCUT2D eigenvalue weighted by molar-refractivity contribution is -0.125. The Morgan fingerprint density at radius 1 is 1.17 bits per heavy atom. The van der Waals surface area contributed by atoms with Crippen LogP contribution in [0.25, 0.3) is 0 Å². The second-order valence-electron chi connectivity index (χ2n) is 11.7. The van der Waals surface area contributed by atoms with E-state index in [1.54, 1.807) is 24.2 Å². The maximum Gasteiger partial charge on any atom is 0.271 e. The zero-order chi connectivity index (χ0) is 31.0. The van der Waals surface area contributed by atoms with Crippen molar-refractivity contribution in [2.75, 3.05) is 38.1 Å². The molecule has 1 aromatic rings. The van der Waals surface area contributed by atoms with Crippen molar-refractivity contribution in [3.8, 4) is 0 Å². The van der Waals surface area contributed by atoms with Gasteiger partial charge in [0.1, 0.15) is 11.5 Å². The fraction of sp³-hybridized carbons (Fsp3) is 0.625. The summed E-state index contributed by atoms with van der Waals surface area (Å²) in [5, 5.41) is 3.65. The molecule has 10 heteroatoms. The topological polar surface area (TPSA) is 108 Å². The van der Waals surface area contributed by atoms with Crippen LogP contribution in [0.1, 0.15) is 90.6 Å². The molecular formula is C32H50ClN7O2. The number of carbonyl (C=O) groups is 2. The van der Waals surface area contributed by atoms with Crippen LogP contribution in [-0.2, 0) is 4.79 Å². The van der Waals surface area contributed by atoms with Crippen LogP contribution in [0.3, 0.4) is 0 Å². The first-order valence-electron chi connectivity index (χ1n) is 15.4. The van der Waals surface area contributed by atoms with E-state index >= 15 is 0 Å². The Labute approximate surface area is 257 Å². The van der Waals surface area contributed by atoms with Crippen molar-refractivity contribution in [1.82, 2.24) is 25.1 Å². The van der Waals surface area contributed by atoms with Crippen LogP contribution in [0.15, 0.2) is 45.9 Å². The number of amides is 2. The summed E-state index contributed by atoms with van der Waals surface area (Å²) in [5.74, 6) is 0.565. The molecule has 42 heavy (non-hydrogen) atoms. The largest absolute Gasteiger partial charge is 0.402 e. The molecule has 0 spiro atoms. The maximum absolute atomic E-state index is 13.4. The Bertz CT molecular complexity index is 1190. The number of hydrogen-bond donors (Lipinski definition) is 2. The van der Waals surface area contributed by atoms with Gasteiger partial charge in [-0.2, -0.15) is 0 Å². The molecule has 9 nitrogen and oxygen atoms in total. The van der Waals surface area contributed by atoms with Crippen LogP contribution in [0.4, 0.5) is 5.82 Å². The number of allylic oxidation sites excluding steroid dienone is 4. The molecule has 1 aliphatic carbocycles. The lowest BCUT2D eigenvalue weighted by Crippen LogP contribution is -2.57. The number of nitrogens with zero attached hydrogens (tertiary/aromatic N) is 5. The minimum Gasteiger partial charge on any atom is -0.402 e. The molecule has 1 aromatic heterocycles. The molecule has 1 saturated heterocycles. The van der Waals surface area contributed by atoms with E-state index in [1.807, 2.05) is 27.0 Å². The highest BCUT2D eigenvalue weighted by atomic mass is 35.5. The summed E-state index contributed by atoms with van der Waals surface area (Å²) in [7, 11) is 1.85. The van der Waals surface area contributed by atoms with E-state index in [4.69, 9.17) is 17.3 Å². The van der Waals surface area contributed by atoms with Crippen molar-refractivity contribution in [3.05, 3.63) is 51.6 Å². The molecule has 2 fully saturated rings. The number of anilines is 1. The van der Waals surface area contributed by atoms with Crippen molar-refractivity contribution >= 4 is 29.2 Å². The number of rotatable bonds is 13. The first-order chi connectivity index (χ1) is 20.0. The fourth-order valence-corrected chi connectivity index (χ4v) is 5.57. The molecule has 2 heterocycles. The standard InChI is InChI=1S/C32H50ClN7O2/c1-8-21(4)30(33)22(5)17-27(23(6)34)32(42)38(7)14-13-25(9-2)40-16-15-39(20-26(40)10-3)29-19-35-28(18-36-29)31(41)37-24-11-12-24/h17-19,24-26H,8-16,20,34H2,1-7H3,(H,37,41)/b22-17-,27-23-,30-21?. The van der Waals surface area contributed by atoms with E-state index in [0.29, 0.717) is 46.7 Å². The fourth-order valence-electron chi connectivity index (χ4n) is 5.38. The van der Waals surface area contributed by atoms with Crippen molar-refractivity contribution < 1.29 is 9.59 Å². The number of aromatic nitrogens is 2. The summed E-state index contributed by atoms with van der Waals surface area (Å²) in [6.07, 6.45) is 10.9. The number of hydrogen-bond acceptors (Lipinski definition) is 7. The van der Waals surface area contributed by atoms with Crippen LogP contribution in [0.2, 0.25) is 0 Å². The molecule has 3 N–H and O–H groups in total. The van der Waals surface area contributed by atoms with Crippen LogP contribution < -0.4 is 16.0 Å². The monoisotopic (exact) mass is 599 g/mol. The number of piperazine rings is 1. The van der Waals surface area contributed by atoms with Crippen molar-refractivity contribution in [2.45, 2.75) is 98.2 Å². The van der Waals surface area contributed by atoms with Crippen LogP contribution in [0, 0.1) is 0 Å². The highest BCUT2D eigenvalue weighted by Gasteiger charge is 2.32. The van der Waals surface area contributed by atoms with E-state index < -0.39 is 0 Å². The minimum atomic E-state index is -0.148. The molecule has 3 rings (SSSR count). The Morgan fingerprint density at radius 3 is 2.43 bits per heavy atom. The summed E-state index contributed by atoms with van der Waals surface area (Å²) in [6.45, 7) is 15.4. The molecule has 2 amide bonds. The summed E-state index contributed by atoms with van der Waals surface area (Å²) in [4.78, 5) is 41.3. The van der Waals surface area contributed by atoms with E-state index in [0.717, 1.165) is 75.1 Å². The molecule has 232 valence electrons. The summed E-state index contributed by atoms with van der Waals surface area (Å²) < 4.78 is 0. The lowest BCUT2D eigenvalue weighted by atomic mass is 10.0. The first-order valence-corrected chi connectivity index (χ1v) is 15.8. The number of nitrogens with one attached hydrogen (secondary N) is 1. The van der Waals surface area contributed by atoms with Gasteiger partial charge in [0.15, 0.2) is 0 Å². The number of halogens is 1. The summed E-state index contributed by atoms with van der Waals surface area (Å²) in [6, 6.07) is 0.995. The third-order valence-electron chi connectivity index (χ3n) is 8.46. The quantitative estimate of drug-likeness (QED) is 0.243. The average molecular weight is 600 g/mol. The Balaban J connectivity index is 1.61. The van der Waals surface area contributed by atoms with Gasteiger partial charge >= 0.3 is 0 Å². The molecule has 0 radical (unpaired) electrons. The summed E-state index contributed by atoms with van der Waals surface area (Å²) >= 11 is 6.53. The van der Waals surface area contributed by atoms with Gasteiger partial charge in [0.25, 0.3) is 11.8 Å². The van der Waals surface area contributed by atoms with Gasteiger partial charge in [-0.15, -0.1) is 0 Å². The third-order valence-corrected chi connectivity index (χ3v) is 9.08. The average Bonchev–Trinajstić information content (AvgIpc) is 3.82. The number of carbonyl (C=O) groups excluding carboxylic acids is 2. The van der Waals surface area contributed by atoms with Gasteiger partial charge in [0.2, 0.25) is 0 Å². The Hall–Kier alpha value is -2.91. The second kappa shape index (κ2) is 15.5.